The summed E-state index contributed by atoms with van der Waals surface area (Å²) in [6, 6.07) is 9.50. The molecule has 0 aliphatic carbocycles. The van der Waals surface area contributed by atoms with E-state index in [1.165, 1.54) is 53.7 Å². The highest BCUT2D eigenvalue weighted by atomic mass is 32.2. The van der Waals surface area contributed by atoms with Gasteiger partial charge in [-0.15, -0.1) is 0 Å². The van der Waals surface area contributed by atoms with Gasteiger partial charge in [0.15, 0.2) is 23.0 Å². The number of nitrogens with zero attached hydrogens (tertiary/aromatic N) is 1. The fraction of sp³-hybridized carbons (Fsp3) is 0.350. The molecule has 2 rings (SSSR count). The summed E-state index contributed by atoms with van der Waals surface area (Å²) in [5.74, 6) is 1.36. The van der Waals surface area contributed by atoms with Crippen LogP contribution in [0.5, 0.6) is 23.0 Å². The quantitative estimate of drug-likeness (QED) is 0.602. The van der Waals surface area contributed by atoms with Gasteiger partial charge in [0, 0.05) is 19.7 Å². The summed E-state index contributed by atoms with van der Waals surface area (Å²) in [5.41, 5.74) is 0.784. The van der Waals surface area contributed by atoms with E-state index in [9.17, 15) is 13.2 Å². The molecule has 2 aromatic rings. The Labute approximate surface area is 176 Å². The SMILES string of the molecule is COc1ccc(CNC(=O)CN(C)S(=O)(=O)c2ccc(OC)c(OC)c2)cc1OC. The van der Waals surface area contributed by atoms with E-state index in [4.69, 9.17) is 18.9 Å². The van der Waals surface area contributed by atoms with Crippen molar-refractivity contribution >= 4 is 15.9 Å². The molecule has 0 aromatic heterocycles. The lowest BCUT2D eigenvalue weighted by molar-refractivity contribution is -0.121. The van der Waals surface area contributed by atoms with Gasteiger partial charge >= 0.3 is 0 Å². The molecule has 0 saturated heterocycles. The summed E-state index contributed by atoms with van der Waals surface area (Å²) in [6.45, 7) is -0.132. The van der Waals surface area contributed by atoms with Crippen molar-refractivity contribution in [2.45, 2.75) is 11.4 Å². The van der Waals surface area contributed by atoms with Gasteiger partial charge in [0.05, 0.1) is 39.9 Å². The summed E-state index contributed by atoms with van der Waals surface area (Å²) in [4.78, 5) is 12.3. The Morgan fingerprint density at radius 2 is 1.40 bits per heavy atom. The van der Waals surface area contributed by atoms with Crippen LogP contribution in [0, 0.1) is 0 Å². The van der Waals surface area contributed by atoms with E-state index in [-0.39, 0.29) is 23.7 Å². The third-order valence-electron chi connectivity index (χ3n) is 4.37. The molecule has 2 aromatic carbocycles. The summed E-state index contributed by atoms with van der Waals surface area (Å²) < 4.78 is 47.2. The molecule has 30 heavy (non-hydrogen) atoms. The van der Waals surface area contributed by atoms with Crippen molar-refractivity contribution in [2.75, 3.05) is 42.0 Å². The normalized spacial score (nSPS) is 11.1. The highest BCUT2D eigenvalue weighted by molar-refractivity contribution is 7.89. The van der Waals surface area contributed by atoms with Gasteiger partial charge in [-0.1, -0.05) is 6.07 Å². The minimum Gasteiger partial charge on any atom is -0.493 e. The fourth-order valence-corrected chi connectivity index (χ4v) is 3.83. The van der Waals surface area contributed by atoms with Crippen LogP contribution >= 0.6 is 0 Å². The number of nitrogens with one attached hydrogen (secondary N) is 1. The number of ether oxygens (including phenoxy) is 4. The minimum absolute atomic E-state index is 0.00431. The first-order valence-corrected chi connectivity index (χ1v) is 10.4. The predicted octanol–water partition coefficient (Wildman–Crippen LogP) is 1.66. The number of carbonyl (C=O) groups excluding carboxylic acids is 1. The van der Waals surface area contributed by atoms with Crippen LogP contribution < -0.4 is 24.3 Å². The summed E-state index contributed by atoms with van der Waals surface area (Å²) in [7, 11) is 3.37. The molecule has 10 heteroatoms. The van der Waals surface area contributed by atoms with Gasteiger partial charge in [-0.3, -0.25) is 4.79 Å². The number of hydrogen-bond acceptors (Lipinski definition) is 7. The zero-order chi connectivity index (χ0) is 22.3. The van der Waals surface area contributed by atoms with Crippen LogP contribution in [-0.2, 0) is 21.4 Å². The smallest absolute Gasteiger partial charge is 0.243 e. The molecule has 1 N–H and O–H groups in total. The number of rotatable bonds is 10. The van der Waals surface area contributed by atoms with Crippen molar-refractivity contribution in [1.82, 2.24) is 9.62 Å². The van der Waals surface area contributed by atoms with Gasteiger partial charge in [0.1, 0.15) is 0 Å². The third-order valence-corrected chi connectivity index (χ3v) is 6.17. The van der Waals surface area contributed by atoms with Crippen LogP contribution in [-0.4, -0.2) is 60.7 Å². The van der Waals surface area contributed by atoms with Crippen LogP contribution in [0.1, 0.15) is 5.56 Å². The Morgan fingerprint density at radius 1 is 0.867 bits per heavy atom. The Morgan fingerprint density at radius 3 is 1.97 bits per heavy atom. The molecule has 0 radical (unpaired) electrons. The van der Waals surface area contributed by atoms with Crippen molar-refractivity contribution in [3.63, 3.8) is 0 Å². The van der Waals surface area contributed by atoms with Crippen LogP contribution in [0.25, 0.3) is 0 Å². The van der Waals surface area contributed by atoms with Crippen LogP contribution in [0.15, 0.2) is 41.3 Å². The first kappa shape index (κ1) is 23.3. The monoisotopic (exact) mass is 438 g/mol. The van der Waals surface area contributed by atoms with Gasteiger partial charge < -0.3 is 24.3 Å². The Hall–Kier alpha value is -2.98. The number of carbonyl (C=O) groups is 1. The second-order valence-corrected chi connectivity index (χ2v) is 8.29. The maximum Gasteiger partial charge on any atom is 0.243 e. The molecule has 0 bridgehead atoms. The fourth-order valence-electron chi connectivity index (χ4n) is 2.69. The second-order valence-electron chi connectivity index (χ2n) is 6.24. The lowest BCUT2D eigenvalue weighted by Gasteiger charge is -2.18. The number of benzene rings is 2. The summed E-state index contributed by atoms with van der Waals surface area (Å²) in [5, 5.41) is 2.70. The third kappa shape index (κ3) is 5.33. The van der Waals surface area contributed by atoms with E-state index in [2.05, 4.69) is 5.32 Å². The first-order chi connectivity index (χ1) is 14.3. The van der Waals surface area contributed by atoms with Crippen molar-refractivity contribution in [1.29, 1.82) is 0 Å². The van der Waals surface area contributed by atoms with Crippen LogP contribution in [0.2, 0.25) is 0 Å². The molecule has 0 spiro atoms. The minimum atomic E-state index is -3.89. The standard InChI is InChI=1S/C20H26N2O7S/c1-22(30(24,25)15-7-9-17(27-3)19(11-15)29-5)13-20(23)21-12-14-6-8-16(26-2)18(10-14)28-4/h6-11H,12-13H2,1-5H3,(H,21,23). The molecule has 0 aliphatic heterocycles. The molecule has 9 nitrogen and oxygen atoms in total. The van der Waals surface area contributed by atoms with Crippen LogP contribution in [0.4, 0.5) is 0 Å². The second kappa shape index (κ2) is 10.2. The highest BCUT2D eigenvalue weighted by Crippen LogP contribution is 2.30. The van der Waals surface area contributed by atoms with Crippen molar-refractivity contribution in [3.05, 3.63) is 42.0 Å². The van der Waals surface area contributed by atoms with Crippen molar-refractivity contribution in [3.8, 4) is 23.0 Å². The largest absolute Gasteiger partial charge is 0.493 e. The lowest BCUT2D eigenvalue weighted by atomic mass is 10.2. The lowest BCUT2D eigenvalue weighted by Crippen LogP contribution is -2.38. The Balaban J connectivity index is 2.04. The number of amides is 1. The average molecular weight is 439 g/mol. The zero-order valence-corrected chi connectivity index (χ0v) is 18.4. The molecular weight excluding hydrogens is 412 g/mol. The van der Waals surface area contributed by atoms with Gasteiger partial charge in [-0.05, 0) is 29.8 Å². The zero-order valence-electron chi connectivity index (χ0n) is 17.6. The number of methoxy groups -OCH3 is 4. The maximum atomic E-state index is 12.8. The average Bonchev–Trinajstić information content (AvgIpc) is 2.76. The van der Waals surface area contributed by atoms with Crippen LogP contribution in [0.3, 0.4) is 0 Å². The Kier molecular flexibility index (Phi) is 7.90. The van der Waals surface area contributed by atoms with Gasteiger partial charge in [0.25, 0.3) is 0 Å². The topological polar surface area (TPSA) is 103 Å². The van der Waals surface area contributed by atoms with Crippen molar-refractivity contribution in [2.24, 2.45) is 0 Å². The molecule has 0 aliphatic rings. The van der Waals surface area contributed by atoms with E-state index < -0.39 is 15.9 Å². The number of hydrogen-bond donors (Lipinski definition) is 1. The molecule has 0 fully saturated rings. The molecule has 0 saturated carbocycles. The highest BCUT2D eigenvalue weighted by Gasteiger charge is 2.24. The Bertz CT molecular complexity index is 993. The molecule has 1 amide bonds. The van der Waals surface area contributed by atoms with E-state index in [0.717, 1.165) is 9.87 Å². The number of sulfonamides is 1. The molecular formula is C20H26N2O7S. The van der Waals surface area contributed by atoms with Gasteiger partial charge in [0.2, 0.25) is 15.9 Å². The van der Waals surface area contributed by atoms with E-state index >= 15 is 0 Å². The van der Waals surface area contributed by atoms with E-state index in [1.54, 1.807) is 18.2 Å². The predicted molar refractivity (Wildman–Crippen MR) is 111 cm³/mol. The summed E-state index contributed by atoms with van der Waals surface area (Å²) in [6.07, 6.45) is 0. The van der Waals surface area contributed by atoms with Gasteiger partial charge in [-0.2, -0.15) is 4.31 Å². The number of likely N-dealkylation sites (N-methyl/N-ethyl adjacent to an activating group) is 1. The van der Waals surface area contributed by atoms with Crippen molar-refractivity contribution < 1.29 is 32.2 Å². The van der Waals surface area contributed by atoms with Gasteiger partial charge in [-0.25, -0.2) is 8.42 Å². The maximum absolute atomic E-state index is 12.8. The molecule has 0 atom stereocenters. The van der Waals surface area contributed by atoms with E-state index in [1.807, 2.05) is 0 Å². The first-order valence-electron chi connectivity index (χ1n) is 8.92. The summed E-state index contributed by atoms with van der Waals surface area (Å²) >= 11 is 0. The molecule has 164 valence electrons. The molecule has 0 unspecified atom stereocenters. The molecule has 0 heterocycles. The van der Waals surface area contributed by atoms with E-state index in [0.29, 0.717) is 17.2 Å².